The quantitative estimate of drug-likeness (QED) is 0.249. The maximum absolute atomic E-state index is 16.5. The Kier molecular flexibility index (Phi) is 10.6. The number of nitrogens with zero attached hydrogens (tertiary/aromatic N) is 3. The Bertz CT molecular complexity index is 1410. The van der Waals surface area contributed by atoms with E-state index in [1.54, 1.807) is 13.3 Å². The number of morpholine rings is 1. The van der Waals surface area contributed by atoms with Crippen molar-refractivity contribution in [2.75, 3.05) is 64.9 Å². The van der Waals surface area contributed by atoms with Crippen LogP contribution in [0.5, 0.6) is 5.75 Å². The molecule has 0 saturated carbocycles. The first-order valence-electron chi connectivity index (χ1n) is 15.3. The number of carboxylic acid groups (broad SMARTS) is 1. The van der Waals surface area contributed by atoms with Gasteiger partial charge in [-0.15, -0.1) is 0 Å². The molecule has 1 unspecified atom stereocenters. The first-order valence-corrected chi connectivity index (χ1v) is 15.3. The standard InChI is InChI=1S/C33H41F3N4O4/c1-43-27-2-3-30-28(19-27)32(23(21-38-30)22-40-12-14-44-15-13-40)29(36)4-5-33(20-31(41)42)6-9-39(10-7-33)11-8-37-26-17-24(34)16-25(35)18-26/h2-3,16-19,21,29,37H,4-15,20,22H2,1H3,(H,41,42). The molecule has 0 aliphatic carbocycles. The lowest BCUT2D eigenvalue weighted by molar-refractivity contribution is -0.141. The van der Waals surface area contributed by atoms with Crippen LogP contribution in [-0.4, -0.2) is 85.5 Å². The summed E-state index contributed by atoms with van der Waals surface area (Å²) >= 11 is 0. The van der Waals surface area contributed by atoms with Gasteiger partial charge in [0.1, 0.15) is 23.6 Å². The smallest absolute Gasteiger partial charge is 0.303 e. The van der Waals surface area contributed by atoms with Crippen LogP contribution in [0.2, 0.25) is 0 Å². The monoisotopic (exact) mass is 614 g/mol. The Morgan fingerprint density at radius 3 is 2.50 bits per heavy atom. The van der Waals surface area contributed by atoms with Crippen molar-refractivity contribution in [2.24, 2.45) is 5.41 Å². The summed E-state index contributed by atoms with van der Waals surface area (Å²) in [5, 5.41) is 13.6. The molecule has 8 nitrogen and oxygen atoms in total. The predicted molar refractivity (Wildman–Crippen MR) is 163 cm³/mol. The predicted octanol–water partition coefficient (Wildman–Crippen LogP) is 5.81. The van der Waals surface area contributed by atoms with Crippen LogP contribution in [0, 0.1) is 17.0 Å². The van der Waals surface area contributed by atoms with Crippen LogP contribution in [0.3, 0.4) is 0 Å². The molecule has 0 amide bonds. The average molecular weight is 615 g/mol. The highest BCUT2D eigenvalue weighted by Crippen LogP contribution is 2.43. The number of methoxy groups -OCH3 is 1. The average Bonchev–Trinajstić information content (AvgIpc) is 3.00. The highest BCUT2D eigenvalue weighted by atomic mass is 19.1. The van der Waals surface area contributed by atoms with Crippen molar-refractivity contribution in [1.29, 1.82) is 0 Å². The van der Waals surface area contributed by atoms with E-state index in [2.05, 4.69) is 20.1 Å². The molecule has 0 radical (unpaired) electrons. The molecule has 44 heavy (non-hydrogen) atoms. The number of hydrogen-bond acceptors (Lipinski definition) is 7. The van der Waals surface area contributed by atoms with E-state index < -0.39 is 29.2 Å². The van der Waals surface area contributed by atoms with Gasteiger partial charge in [0, 0.05) is 61.6 Å². The van der Waals surface area contributed by atoms with E-state index in [9.17, 15) is 18.7 Å². The lowest BCUT2D eigenvalue weighted by Gasteiger charge is -2.41. The van der Waals surface area contributed by atoms with Crippen LogP contribution < -0.4 is 10.1 Å². The third kappa shape index (κ3) is 8.19. The number of aliphatic carboxylic acids is 1. The summed E-state index contributed by atoms with van der Waals surface area (Å²) in [5.41, 5.74) is 1.98. The molecule has 2 N–H and O–H groups in total. The zero-order chi connectivity index (χ0) is 31.1. The fourth-order valence-electron chi connectivity index (χ4n) is 6.53. The number of hydrogen-bond donors (Lipinski definition) is 2. The fraction of sp³-hybridized carbons (Fsp3) is 0.515. The minimum absolute atomic E-state index is 0.0140. The van der Waals surface area contributed by atoms with Gasteiger partial charge in [-0.25, -0.2) is 13.2 Å². The number of anilines is 1. The maximum Gasteiger partial charge on any atom is 0.303 e. The van der Waals surface area contributed by atoms with Crippen LogP contribution in [0.1, 0.15) is 49.4 Å². The van der Waals surface area contributed by atoms with E-state index in [4.69, 9.17) is 9.47 Å². The number of piperidine rings is 1. The summed E-state index contributed by atoms with van der Waals surface area (Å²) < 4.78 is 54.4. The van der Waals surface area contributed by atoms with E-state index in [0.717, 1.165) is 30.1 Å². The molecule has 2 aromatic carbocycles. The van der Waals surface area contributed by atoms with Crippen molar-refractivity contribution >= 4 is 22.6 Å². The Morgan fingerprint density at radius 1 is 1.09 bits per heavy atom. The van der Waals surface area contributed by atoms with E-state index in [1.807, 2.05) is 18.2 Å². The Hall–Kier alpha value is -3.41. The van der Waals surface area contributed by atoms with Crippen molar-refractivity contribution in [3.8, 4) is 5.75 Å². The Labute approximate surface area is 256 Å². The SMILES string of the molecule is COc1ccc2ncc(CN3CCOCC3)c(C(F)CCC3(CC(=O)O)CCN(CCNc4cc(F)cc(F)c4)CC3)c2c1. The molecule has 3 aromatic rings. The van der Waals surface area contributed by atoms with Gasteiger partial charge >= 0.3 is 5.97 Å². The molecule has 2 aliphatic heterocycles. The molecule has 11 heteroatoms. The van der Waals surface area contributed by atoms with Gasteiger partial charge in [0.25, 0.3) is 0 Å². The van der Waals surface area contributed by atoms with Crippen LogP contribution in [0.25, 0.3) is 10.9 Å². The highest BCUT2D eigenvalue weighted by Gasteiger charge is 2.37. The molecule has 0 bridgehead atoms. The molecule has 2 saturated heterocycles. The lowest BCUT2D eigenvalue weighted by atomic mass is 9.71. The molecule has 1 aromatic heterocycles. The van der Waals surface area contributed by atoms with E-state index in [0.29, 0.717) is 87.7 Å². The molecule has 2 fully saturated rings. The van der Waals surface area contributed by atoms with Crippen molar-refractivity contribution in [3.05, 3.63) is 65.4 Å². The number of rotatable bonds is 13. The number of nitrogens with one attached hydrogen (secondary N) is 1. The number of carbonyl (C=O) groups is 1. The molecule has 1 atom stereocenters. The van der Waals surface area contributed by atoms with Crippen molar-refractivity contribution in [2.45, 2.75) is 44.8 Å². The van der Waals surface area contributed by atoms with Crippen LogP contribution in [0.15, 0.2) is 42.6 Å². The van der Waals surface area contributed by atoms with Crippen molar-refractivity contribution in [3.63, 3.8) is 0 Å². The summed E-state index contributed by atoms with van der Waals surface area (Å²) in [4.78, 5) is 21.0. The number of ether oxygens (including phenoxy) is 2. The zero-order valence-corrected chi connectivity index (χ0v) is 25.2. The Balaban J connectivity index is 1.27. The van der Waals surface area contributed by atoms with Gasteiger partial charge in [-0.1, -0.05) is 0 Å². The van der Waals surface area contributed by atoms with Crippen LogP contribution >= 0.6 is 0 Å². The second kappa shape index (κ2) is 14.6. The number of fused-ring (bicyclic) bond motifs is 1. The van der Waals surface area contributed by atoms with Gasteiger partial charge in [-0.2, -0.15) is 0 Å². The molecular weight excluding hydrogens is 573 g/mol. The third-order valence-corrected chi connectivity index (χ3v) is 9.00. The van der Waals surface area contributed by atoms with Gasteiger partial charge in [0.05, 0.1) is 32.3 Å². The van der Waals surface area contributed by atoms with Crippen molar-refractivity contribution < 1.29 is 32.5 Å². The minimum Gasteiger partial charge on any atom is -0.497 e. The van der Waals surface area contributed by atoms with Gasteiger partial charge in [-0.05, 0) is 80.1 Å². The van der Waals surface area contributed by atoms with E-state index in [-0.39, 0.29) is 12.8 Å². The first-order chi connectivity index (χ1) is 21.2. The molecule has 3 heterocycles. The highest BCUT2D eigenvalue weighted by molar-refractivity contribution is 5.85. The largest absolute Gasteiger partial charge is 0.497 e. The number of likely N-dealkylation sites (tertiary alicyclic amines) is 1. The fourth-order valence-corrected chi connectivity index (χ4v) is 6.53. The zero-order valence-electron chi connectivity index (χ0n) is 25.2. The number of carboxylic acids is 1. The Morgan fingerprint density at radius 2 is 1.82 bits per heavy atom. The van der Waals surface area contributed by atoms with Gasteiger partial charge < -0.3 is 24.8 Å². The second-order valence-corrected chi connectivity index (χ2v) is 12.0. The first kappa shape index (κ1) is 32.0. The summed E-state index contributed by atoms with van der Waals surface area (Å²) in [6.45, 7) is 5.83. The molecule has 5 rings (SSSR count). The van der Waals surface area contributed by atoms with E-state index >= 15 is 4.39 Å². The molecule has 0 spiro atoms. The summed E-state index contributed by atoms with van der Waals surface area (Å²) in [6, 6.07) is 8.82. The molecular formula is C33H41F3N4O4. The summed E-state index contributed by atoms with van der Waals surface area (Å²) in [6.07, 6.45) is 2.36. The molecule has 238 valence electrons. The second-order valence-electron chi connectivity index (χ2n) is 12.0. The van der Waals surface area contributed by atoms with Gasteiger partial charge in [0.15, 0.2) is 0 Å². The normalized spacial score (nSPS) is 18.3. The molecule has 2 aliphatic rings. The van der Waals surface area contributed by atoms with Crippen molar-refractivity contribution in [1.82, 2.24) is 14.8 Å². The number of pyridine rings is 1. The topological polar surface area (TPSA) is 87.2 Å². The maximum atomic E-state index is 16.5. The number of alkyl halides is 1. The lowest BCUT2D eigenvalue weighted by Crippen LogP contribution is -2.43. The summed E-state index contributed by atoms with van der Waals surface area (Å²) in [7, 11) is 1.58. The van der Waals surface area contributed by atoms with E-state index in [1.165, 1.54) is 12.1 Å². The number of aromatic nitrogens is 1. The number of halogens is 3. The van der Waals surface area contributed by atoms with Gasteiger partial charge in [-0.3, -0.25) is 14.7 Å². The van der Waals surface area contributed by atoms with Crippen LogP contribution in [0.4, 0.5) is 18.9 Å². The summed E-state index contributed by atoms with van der Waals surface area (Å²) in [5.74, 6) is -1.52. The third-order valence-electron chi connectivity index (χ3n) is 9.00. The minimum atomic E-state index is -1.30. The van der Waals surface area contributed by atoms with Crippen LogP contribution in [-0.2, 0) is 16.1 Å². The number of benzene rings is 2. The van der Waals surface area contributed by atoms with Gasteiger partial charge in [0.2, 0.25) is 0 Å².